The molecule has 0 atom stereocenters. The maximum Gasteiger partial charge on any atom is 0.228 e. The van der Waals surface area contributed by atoms with E-state index in [1.165, 1.54) is 0 Å². The first-order chi connectivity index (χ1) is 12.2. The Labute approximate surface area is 149 Å². The SMILES string of the molecule is CSc1ccc(NC(=O)Cc2coc3ccc4ccccc4c23)cn1. The first-order valence-electron chi connectivity index (χ1n) is 7.92. The van der Waals surface area contributed by atoms with E-state index < -0.39 is 0 Å². The highest BCUT2D eigenvalue weighted by molar-refractivity contribution is 7.98. The number of aromatic nitrogens is 1. The molecule has 25 heavy (non-hydrogen) atoms. The molecule has 2 aromatic heterocycles. The molecule has 0 saturated carbocycles. The van der Waals surface area contributed by atoms with Gasteiger partial charge in [0.05, 0.1) is 29.6 Å². The molecule has 0 spiro atoms. The second kappa shape index (κ2) is 6.61. The number of hydrogen-bond acceptors (Lipinski definition) is 4. The first-order valence-corrected chi connectivity index (χ1v) is 9.15. The van der Waals surface area contributed by atoms with Gasteiger partial charge in [-0.1, -0.05) is 30.3 Å². The molecule has 0 radical (unpaired) electrons. The summed E-state index contributed by atoms with van der Waals surface area (Å²) in [6.07, 6.45) is 5.57. The quantitative estimate of drug-likeness (QED) is 0.534. The molecule has 0 bridgehead atoms. The van der Waals surface area contributed by atoms with Crippen LogP contribution in [0.4, 0.5) is 5.69 Å². The van der Waals surface area contributed by atoms with Gasteiger partial charge in [0.25, 0.3) is 0 Å². The van der Waals surface area contributed by atoms with Crippen molar-refractivity contribution in [3.63, 3.8) is 0 Å². The largest absolute Gasteiger partial charge is 0.464 e. The van der Waals surface area contributed by atoms with Crippen LogP contribution in [0.3, 0.4) is 0 Å². The van der Waals surface area contributed by atoms with Gasteiger partial charge in [0, 0.05) is 10.9 Å². The predicted octanol–water partition coefficient (Wildman–Crippen LogP) is 4.88. The lowest BCUT2D eigenvalue weighted by Crippen LogP contribution is -2.14. The van der Waals surface area contributed by atoms with Gasteiger partial charge in [0.2, 0.25) is 5.91 Å². The minimum atomic E-state index is -0.0886. The number of amides is 1. The van der Waals surface area contributed by atoms with E-state index in [1.54, 1.807) is 24.2 Å². The average molecular weight is 348 g/mol. The van der Waals surface area contributed by atoms with Crippen molar-refractivity contribution in [2.24, 2.45) is 0 Å². The maximum absolute atomic E-state index is 12.4. The van der Waals surface area contributed by atoms with Gasteiger partial charge in [-0.25, -0.2) is 4.98 Å². The first kappa shape index (κ1) is 15.7. The van der Waals surface area contributed by atoms with Crippen LogP contribution < -0.4 is 5.32 Å². The molecule has 5 heteroatoms. The van der Waals surface area contributed by atoms with Crippen LogP contribution in [0.2, 0.25) is 0 Å². The molecule has 1 amide bonds. The number of nitrogens with one attached hydrogen (secondary N) is 1. The Hall–Kier alpha value is -2.79. The summed E-state index contributed by atoms with van der Waals surface area (Å²) < 4.78 is 5.64. The van der Waals surface area contributed by atoms with Crippen molar-refractivity contribution in [1.82, 2.24) is 4.98 Å². The van der Waals surface area contributed by atoms with Gasteiger partial charge in [0.1, 0.15) is 5.58 Å². The fourth-order valence-electron chi connectivity index (χ4n) is 2.96. The number of rotatable bonds is 4. The van der Waals surface area contributed by atoms with E-state index in [1.807, 2.05) is 42.7 Å². The molecule has 0 fully saturated rings. The summed E-state index contributed by atoms with van der Waals surface area (Å²) in [6.45, 7) is 0. The number of pyridine rings is 1. The van der Waals surface area contributed by atoms with Crippen LogP contribution in [-0.2, 0) is 11.2 Å². The number of thioether (sulfide) groups is 1. The summed E-state index contributed by atoms with van der Waals surface area (Å²) in [7, 11) is 0. The summed E-state index contributed by atoms with van der Waals surface area (Å²) in [6, 6.07) is 15.8. The zero-order valence-electron chi connectivity index (χ0n) is 13.7. The minimum absolute atomic E-state index is 0.0886. The van der Waals surface area contributed by atoms with Crippen molar-refractivity contribution in [2.45, 2.75) is 11.4 Å². The lowest BCUT2D eigenvalue weighted by Gasteiger charge is -2.05. The normalized spacial score (nSPS) is 11.1. The number of carbonyl (C=O) groups is 1. The Balaban J connectivity index is 1.61. The van der Waals surface area contributed by atoms with Crippen molar-refractivity contribution in [3.8, 4) is 0 Å². The fourth-order valence-corrected chi connectivity index (χ4v) is 3.32. The highest BCUT2D eigenvalue weighted by atomic mass is 32.2. The molecule has 4 nitrogen and oxygen atoms in total. The molecule has 4 rings (SSSR count). The smallest absolute Gasteiger partial charge is 0.228 e. The van der Waals surface area contributed by atoms with Crippen LogP contribution in [0.1, 0.15) is 5.56 Å². The molecule has 0 aliphatic heterocycles. The molecule has 0 saturated heterocycles. The van der Waals surface area contributed by atoms with Gasteiger partial charge < -0.3 is 9.73 Å². The number of benzene rings is 2. The molecular formula is C20H16N2O2S. The molecule has 0 aliphatic carbocycles. The van der Waals surface area contributed by atoms with E-state index in [0.29, 0.717) is 5.69 Å². The highest BCUT2D eigenvalue weighted by Gasteiger charge is 2.13. The van der Waals surface area contributed by atoms with Gasteiger partial charge >= 0.3 is 0 Å². The second-order valence-corrected chi connectivity index (χ2v) is 6.56. The maximum atomic E-state index is 12.4. The Morgan fingerprint density at radius 3 is 2.84 bits per heavy atom. The van der Waals surface area contributed by atoms with Crippen LogP contribution >= 0.6 is 11.8 Å². The molecule has 124 valence electrons. The van der Waals surface area contributed by atoms with Crippen LogP contribution in [0.25, 0.3) is 21.7 Å². The van der Waals surface area contributed by atoms with E-state index in [0.717, 1.165) is 32.3 Å². The van der Waals surface area contributed by atoms with E-state index in [9.17, 15) is 4.79 Å². The van der Waals surface area contributed by atoms with E-state index >= 15 is 0 Å². The van der Waals surface area contributed by atoms with Crippen molar-refractivity contribution < 1.29 is 9.21 Å². The lowest BCUT2D eigenvalue weighted by molar-refractivity contribution is -0.115. The predicted molar refractivity (Wildman–Crippen MR) is 102 cm³/mol. The summed E-state index contributed by atoms with van der Waals surface area (Å²) in [5.74, 6) is -0.0886. The standard InChI is InChI=1S/C20H16N2O2S/c1-25-19-9-7-15(11-21-19)22-18(23)10-14-12-24-17-8-6-13-4-2-3-5-16(13)20(14)17/h2-9,11-12H,10H2,1H3,(H,22,23). The fraction of sp³-hybridized carbons (Fsp3) is 0.100. The zero-order valence-corrected chi connectivity index (χ0v) is 14.5. The van der Waals surface area contributed by atoms with E-state index in [-0.39, 0.29) is 12.3 Å². The van der Waals surface area contributed by atoms with Crippen molar-refractivity contribution in [3.05, 3.63) is 66.6 Å². The van der Waals surface area contributed by atoms with Crippen LogP contribution in [-0.4, -0.2) is 17.1 Å². The topological polar surface area (TPSA) is 55.1 Å². The zero-order chi connectivity index (χ0) is 17.2. The number of anilines is 1. The number of fused-ring (bicyclic) bond motifs is 3. The Kier molecular flexibility index (Phi) is 4.15. The number of hydrogen-bond donors (Lipinski definition) is 1. The summed E-state index contributed by atoms with van der Waals surface area (Å²) >= 11 is 1.57. The molecule has 1 N–H and O–H groups in total. The Morgan fingerprint density at radius 1 is 1.16 bits per heavy atom. The van der Waals surface area contributed by atoms with Gasteiger partial charge in [0.15, 0.2) is 0 Å². The molecule has 0 unspecified atom stereocenters. The molecule has 2 aromatic carbocycles. The average Bonchev–Trinajstić information content (AvgIpc) is 3.05. The Bertz CT molecular complexity index is 1050. The number of nitrogens with zero attached hydrogens (tertiary/aromatic N) is 1. The monoisotopic (exact) mass is 348 g/mol. The van der Waals surface area contributed by atoms with Gasteiger partial charge in [-0.05, 0) is 35.2 Å². The van der Waals surface area contributed by atoms with Gasteiger partial charge in [-0.2, -0.15) is 0 Å². The number of carbonyl (C=O) groups excluding carboxylic acids is 1. The highest BCUT2D eigenvalue weighted by Crippen LogP contribution is 2.30. The van der Waals surface area contributed by atoms with Crippen molar-refractivity contribution >= 4 is 45.1 Å². The summed E-state index contributed by atoms with van der Waals surface area (Å²) in [4.78, 5) is 16.7. The van der Waals surface area contributed by atoms with E-state index in [2.05, 4.69) is 22.4 Å². The molecule has 2 heterocycles. The summed E-state index contributed by atoms with van der Waals surface area (Å²) in [5.41, 5.74) is 2.38. The summed E-state index contributed by atoms with van der Waals surface area (Å²) in [5, 5.41) is 7.05. The Morgan fingerprint density at radius 2 is 2.04 bits per heavy atom. The number of furan rings is 1. The third-order valence-electron chi connectivity index (χ3n) is 4.12. The molecule has 4 aromatic rings. The van der Waals surface area contributed by atoms with Crippen LogP contribution in [0, 0.1) is 0 Å². The lowest BCUT2D eigenvalue weighted by atomic mass is 10.0. The van der Waals surface area contributed by atoms with E-state index in [4.69, 9.17) is 4.42 Å². The van der Waals surface area contributed by atoms with Gasteiger partial charge in [-0.3, -0.25) is 4.79 Å². The third-order valence-corrected chi connectivity index (χ3v) is 4.78. The van der Waals surface area contributed by atoms with Crippen molar-refractivity contribution in [2.75, 3.05) is 11.6 Å². The van der Waals surface area contributed by atoms with Crippen LogP contribution in [0.15, 0.2) is 70.4 Å². The molecule has 0 aliphatic rings. The van der Waals surface area contributed by atoms with Crippen LogP contribution in [0.5, 0.6) is 0 Å². The minimum Gasteiger partial charge on any atom is -0.464 e. The second-order valence-electron chi connectivity index (χ2n) is 5.73. The third kappa shape index (κ3) is 3.10. The van der Waals surface area contributed by atoms with Crippen molar-refractivity contribution in [1.29, 1.82) is 0 Å². The van der Waals surface area contributed by atoms with Gasteiger partial charge in [-0.15, -0.1) is 11.8 Å². The molecular weight excluding hydrogens is 332 g/mol.